The molecule has 0 aromatic heterocycles. The van der Waals surface area contributed by atoms with Gasteiger partial charge < -0.3 is 19.3 Å². The van der Waals surface area contributed by atoms with Gasteiger partial charge in [-0.15, -0.1) is 0 Å². The molecule has 1 aromatic rings. The van der Waals surface area contributed by atoms with E-state index in [2.05, 4.69) is 0 Å². The number of piperazine rings is 2. The minimum absolute atomic E-state index is 0.00140. The summed E-state index contributed by atoms with van der Waals surface area (Å²) in [5.41, 5.74) is -0.458. The van der Waals surface area contributed by atoms with Crippen molar-refractivity contribution >= 4 is 5.91 Å². The van der Waals surface area contributed by atoms with Crippen LogP contribution in [0.3, 0.4) is 0 Å². The summed E-state index contributed by atoms with van der Waals surface area (Å²) in [5.74, 6) is -1.51. The molecule has 182 valence electrons. The van der Waals surface area contributed by atoms with Gasteiger partial charge in [0.2, 0.25) is 0 Å². The van der Waals surface area contributed by atoms with Crippen molar-refractivity contribution in [2.45, 2.75) is 44.4 Å². The van der Waals surface area contributed by atoms with Gasteiger partial charge in [-0.2, -0.15) is 17.6 Å². The number of amides is 1. The van der Waals surface area contributed by atoms with Crippen LogP contribution in [0.5, 0.6) is 11.5 Å². The number of alkyl halides is 4. The minimum Gasteiger partial charge on any atom is -0.493 e. The summed E-state index contributed by atoms with van der Waals surface area (Å²) in [6, 6.07) is 3.84. The van der Waals surface area contributed by atoms with Crippen molar-refractivity contribution in [1.82, 2.24) is 9.80 Å². The van der Waals surface area contributed by atoms with Crippen LogP contribution >= 0.6 is 0 Å². The van der Waals surface area contributed by atoms with Crippen LogP contribution in [0.25, 0.3) is 0 Å². The Kier molecular flexibility index (Phi) is 5.79. The topological polar surface area (TPSA) is 42.0 Å². The Morgan fingerprint density at radius 3 is 2.55 bits per heavy atom. The average molecular weight is 473 g/mol. The molecule has 1 aromatic carbocycles. The van der Waals surface area contributed by atoms with Crippen molar-refractivity contribution in [3.05, 3.63) is 35.5 Å². The molecule has 0 bridgehead atoms. The number of quaternary nitrogens is 1. The molecule has 0 N–H and O–H groups in total. The highest BCUT2D eigenvalue weighted by molar-refractivity contribution is 5.95. The summed E-state index contributed by atoms with van der Waals surface area (Å²) in [7, 11) is 3.21. The number of rotatable bonds is 4. The molecule has 10 heteroatoms. The lowest BCUT2D eigenvalue weighted by Crippen LogP contribution is -2.79. The van der Waals surface area contributed by atoms with Crippen molar-refractivity contribution in [1.29, 1.82) is 0 Å². The zero-order valence-corrected chi connectivity index (χ0v) is 19.3. The van der Waals surface area contributed by atoms with E-state index in [0.29, 0.717) is 30.2 Å². The Bertz CT molecular complexity index is 967. The smallest absolute Gasteiger partial charge is 0.430 e. The highest BCUT2D eigenvalue weighted by atomic mass is 19.4. The van der Waals surface area contributed by atoms with Gasteiger partial charge in [0, 0.05) is 5.56 Å². The maximum Gasteiger partial charge on any atom is 0.430 e. The third-order valence-corrected chi connectivity index (χ3v) is 7.09. The van der Waals surface area contributed by atoms with Crippen LogP contribution in [0, 0.1) is 0 Å². The van der Waals surface area contributed by atoms with Gasteiger partial charge in [-0.3, -0.25) is 9.28 Å². The largest absolute Gasteiger partial charge is 0.493 e. The Morgan fingerprint density at radius 2 is 1.91 bits per heavy atom. The van der Waals surface area contributed by atoms with Crippen LogP contribution in [0.2, 0.25) is 0 Å². The van der Waals surface area contributed by atoms with Crippen LogP contribution in [-0.4, -0.2) is 91.2 Å². The predicted molar refractivity (Wildman–Crippen MR) is 114 cm³/mol. The molecule has 3 atom stereocenters. The van der Waals surface area contributed by atoms with E-state index in [4.69, 9.17) is 9.47 Å². The highest BCUT2D eigenvalue weighted by Gasteiger charge is 2.65. The van der Waals surface area contributed by atoms with Gasteiger partial charge in [0.25, 0.3) is 11.7 Å². The lowest BCUT2D eigenvalue weighted by Gasteiger charge is -2.58. The second-order valence-electron chi connectivity index (χ2n) is 9.45. The molecular weight excluding hydrogens is 442 g/mol. The molecule has 0 aliphatic carbocycles. The van der Waals surface area contributed by atoms with Crippen molar-refractivity contribution in [3.63, 3.8) is 0 Å². The fraction of sp³-hybridized carbons (Fsp3) is 0.609. The van der Waals surface area contributed by atoms with Gasteiger partial charge in [-0.05, 0) is 38.5 Å². The quantitative estimate of drug-likeness (QED) is 0.382. The first-order chi connectivity index (χ1) is 15.4. The molecule has 33 heavy (non-hydrogen) atoms. The van der Waals surface area contributed by atoms with Crippen molar-refractivity contribution in [3.8, 4) is 11.5 Å². The van der Waals surface area contributed by atoms with E-state index in [1.807, 2.05) is 13.8 Å². The van der Waals surface area contributed by atoms with Gasteiger partial charge in [-0.25, -0.2) is 0 Å². The van der Waals surface area contributed by atoms with Crippen molar-refractivity contribution < 1.29 is 36.3 Å². The number of carbonyl (C=O) groups excluding carboxylic acids is 1. The van der Waals surface area contributed by atoms with E-state index >= 15 is 4.39 Å². The van der Waals surface area contributed by atoms with E-state index in [9.17, 15) is 18.0 Å². The predicted octanol–water partition coefficient (Wildman–Crippen LogP) is 3.58. The summed E-state index contributed by atoms with van der Waals surface area (Å²) >= 11 is 0. The number of fused-ring (bicyclic) bond motifs is 3. The molecule has 0 saturated carbocycles. The fourth-order valence-corrected chi connectivity index (χ4v) is 5.25. The zero-order chi connectivity index (χ0) is 24.2. The van der Waals surface area contributed by atoms with E-state index in [-0.39, 0.29) is 42.5 Å². The van der Waals surface area contributed by atoms with Crippen molar-refractivity contribution in [2.75, 3.05) is 46.9 Å². The van der Waals surface area contributed by atoms with Gasteiger partial charge in [0.05, 0.1) is 46.4 Å². The lowest BCUT2D eigenvalue weighted by molar-refractivity contribution is -0.987. The van der Waals surface area contributed by atoms with E-state index < -0.39 is 23.7 Å². The molecule has 2 fully saturated rings. The monoisotopic (exact) mass is 472 g/mol. The third-order valence-electron chi connectivity index (χ3n) is 7.09. The minimum atomic E-state index is -4.52. The van der Waals surface area contributed by atoms with Crippen LogP contribution in [0.4, 0.5) is 17.6 Å². The molecule has 4 rings (SSSR count). The summed E-state index contributed by atoms with van der Waals surface area (Å²) in [6.07, 6.45) is -3.55. The molecule has 3 aliphatic heterocycles. The fourth-order valence-electron chi connectivity index (χ4n) is 5.25. The second kappa shape index (κ2) is 8.07. The maximum absolute atomic E-state index is 16.7. The van der Waals surface area contributed by atoms with Crippen LogP contribution in [0.1, 0.15) is 30.6 Å². The van der Waals surface area contributed by atoms with Crippen molar-refractivity contribution in [2.24, 2.45) is 0 Å². The molecule has 1 amide bonds. The summed E-state index contributed by atoms with van der Waals surface area (Å²) in [6.45, 7) is 4.52. The Hall–Kier alpha value is -2.49. The SMILES string of the molecule is COc1cc(C(=O)N2CC[N+]3(C)CCN4C(C(F)(F)F)=CCC4C3(F)C2)ccc1OC(C)C. The van der Waals surface area contributed by atoms with E-state index in [1.165, 1.54) is 12.0 Å². The summed E-state index contributed by atoms with van der Waals surface area (Å²) in [5, 5.41) is 0. The normalized spacial score (nSPS) is 29.5. The number of hydrogen-bond donors (Lipinski definition) is 0. The lowest BCUT2D eigenvalue weighted by atomic mass is 9.91. The number of nitrogens with zero attached hydrogens (tertiary/aromatic N) is 3. The first-order valence-electron chi connectivity index (χ1n) is 11.1. The number of hydrogen-bond acceptors (Lipinski definition) is 4. The van der Waals surface area contributed by atoms with Gasteiger partial charge in [0.15, 0.2) is 11.5 Å². The van der Waals surface area contributed by atoms with E-state index in [0.717, 1.165) is 11.0 Å². The number of benzene rings is 1. The van der Waals surface area contributed by atoms with E-state index in [1.54, 1.807) is 25.2 Å². The Balaban J connectivity index is 1.58. The standard InChI is InChI=1S/C23H30F4N3O3/c1-15(2)33-17-6-5-16(13-18(17)32-4)21(31)28-9-11-30(3)12-10-29-19(22(30,24)14-28)7-8-20(29)23(25,26)27/h5-6,8,13,15,19H,7,9-12,14H2,1-4H3/q+1. The first kappa shape index (κ1) is 23.7. The van der Waals surface area contributed by atoms with Crippen LogP contribution in [0.15, 0.2) is 30.0 Å². The zero-order valence-electron chi connectivity index (χ0n) is 19.3. The van der Waals surface area contributed by atoms with Gasteiger partial charge in [0.1, 0.15) is 18.3 Å². The highest BCUT2D eigenvalue weighted by Crippen LogP contribution is 2.47. The molecule has 2 saturated heterocycles. The third kappa shape index (κ3) is 3.92. The average Bonchev–Trinajstić information content (AvgIpc) is 3.19. The molecule has 0 spiro atoms. The molecule has 0 radical (unpaired) electrons. The second-order valence-corrected chi connectivity index (χ2v) is 9.45. The number of halogens is 4. The molecule has 6 nitrogen and oxygen atoms in total. The number of allylic oxidation sites excluding steroid dienone is 1. The molecule has 3 heterocycles. The molecular formula is C23H30F4N3O3+. The number of methoxy groups -OCH3 is 1. The summed E-state index contributed by atoms with van der Waals surface area (Å²) in [4.78, 5) is 15.8. The summed E-state index contributed by atoms with van der Waals surface area (Å²) < 4.78 is 68.1. The molecule has 3 aliphatic rings. The molecule has 3 unspecified atom stereocenters. The Morgan fingerprint density at radius 1 is 1.21 bits per heavy atom. The number of carbonyl (C=O) groups is 1. The van der Waals surface area contributed by atoms with Gasteiger partial charge in [-0.1, -0.05) is 6.08 Å². The Labute approximate surface area is 190 Å². The first-order valence-corrected chi connectivity index (χ1v) is 11.1. The van der Waals surface area contributed by atoms with Crippen LogP contribution < -0.4 is 9.47 Å². The van der Waals surface area contributed by atoms with Gasteiger partial charge >= 0.3 is 6.18 Å². The van der Waals surface area contributed by atoms with Crippen LogP contribution in [-0.2, 0) is 0 Å². The maximum atomic E-state index is 16.7. The number of likely N-dealkylation sites (N-methyl/N-ethyl adjacent to an activating group) is 1. The number of ether oxygens (including phenoxy) is 2.